The standard InChI is InChI=1S/C13H16O/c1-5-11(6-2)13-8-7-12(14-4)9-10(13)3/h5,7-9H,1,3,6H2,2,4H3/b13-11+. The molecule has 0 unspecified atom stereocenters. The number of ether oxygens (including phenoxy) is 1. The summed E-state index contributed by atoms with van der Waals surface area (Å²) < 4.78 is 5.12. The third-order valence-electron chi connectivity index (χ3n) is 2.29. The van der Waals surface area contributed by atoms with E-state index in [9.17, 15) is 0 Å². The molecule has 0 aliphatic carbocycles. The first-order valence-electron chi connectivity index (χ1n) is 4.71. The zero-order valence-electron chi connectivity index (χ0n) is 8.84. The highest BCUT2D eigenvalue weighted by Crippen LogP contribution is 2.03. The van der Waals surface area contributed by atoms with E-state index in [0.717, 1.165) is 22.6 Å². The molecule has 0 fully saturated rings. The van der Waals surface area contributed by atoms with E-state index in [1.54, 1.807) is 7.11 Å². The molecule has 0 bridgehead atoms. The molecule has 0 N–H and O–H groups in total. The van der Waals surface area contributed by atoms with E-state index in [1.807, 2.05) is 24.3 Å². The van der Waals surface area contributed by atoms with Gasteiger partial charge in [0.15, 0.2) is 0 Å². The van der Waals surface area contributed by atoms with Crippen molar-refractivity contribution in [3.63, 3.8) is 0 Å². The molecule has 0 saturated heterocycles. The molecule has 0 amide bonds. The Labute approximate surface area is 85.0 Å². The van der Waals surface area contributed by atoms with Crippen molar-refractivity contribution in [3.8, 4) is 5.75 Å². The predicted octanol–water partition coefficient (Wildman–Crippen LogP) is 1.85. The van der Waals surface area contributed by atoms with Gasteiger partial charge in [-0.25, -0.2) is 0 Å². The van der Waals surface area contributed by atoms with Crippen molar-refractivity contribution in [2.45, 2.75) is 13.3 Å². The van der Waals surface area contributed by atoms with Crippen molar-refractivity contribution in [1.82, 2.24) is 0 Å². The van der Waals surface area contributed by atoms with E-state index in [-0.39, 0.29) is 0 Å². The first-order chi connectivity index (χ1) is 6.72. The van der Waals surface area contributed by atoms with Crippen LogP contribution in [-0.4, -0.2) is 7.11 Å². The molecule has 1 aromatic rings. The van der Waals surface area contributed by atoms with Gasteiger partial charge in [0, 0.05) is 0 Å². The van der Waals surface area contributed by atoms with E-state index < -0.39 is 0 Å². The molecule has 14 heavy (non-hydrogen) atoms. The van der Waals surface area contributed by atoms with Gasteiger partial charge in [-0.1, -0.05) is 32.2 Å². The maximum atomic E-state index is 5.12. The number of methoxy groups -OCH3 is 1. The van der Waals surface area contributed by atoms with E-state index in [4.69, 9.17) is 4.74 Å². The fraction of sp³-hybridized carbons (Fsp3) is 0.231. The van der Waals surface area contributed by atoms with Gasteiger partial charge in [0.1, 0.15) is 5.75 Å². The Morgan fingerprint density at radius 1 is 1.50 bits per heavy atom. The lowest BCUT2D eigenvalue weighted by Crippen LogP contribution is -2.24. The molecular formula is C13H16O. The van der Waals surface area contributed by atoms with Crippen LogP contribution in [0, 0.1) is 0 Å². The number of hydrogen-bond donors (Lipinski definition) is 0. The van der Waals surface area contributed by atoms with Gasteiger partial charge in [0.2, 0.25) is 0 Å². The molecule has 0 aromatic heterocycles. The topological polar surface area (TPSA) is 9.23 Å². The normalized spacial score (nSPS) is 12.1. The lowest BCUT2D eigenvalue weighted by molar-refractivity contribution is 0.414. The lowest BCUT2D eigenvalue weighted by Gasteiger charge is -2.01. The maximum Gasteiger partial charge on any atom is 0.119 e. The Bertz CT molecular complexity index is 429. The van der Waals surface area contributed by atoms with Crippen LogP contribution in [0.5, 0.6) is 5.75 Å². The van der Waals surface area contributed by atoms with Crippen LogP contribution in [0.4, 0.5) is 0 Å². The second-order valence-corrected chi connectivity index (χ2v) is 3.11. The highest BCUT2D eigenvalue weighted by molar-refractivity contribution is 5.55. The van der Waals surface area contributed by atoms with Gasteiger partial charge in [0.05, 0.1) is 7.11 Å². The summed E-state index contributed by atoms with van der Waals surface area (Å²) >= 11 is 0. The zero-order chi connectivity index (χ0) is 10.6. The minimum atomic E-state index is 0.846. The van der Waals surface area contributed by atoms with Crippen LogP contribution in [0.1, 0.15) is 13.3 Å². The van der Waals surface area contributed by atoms with E-state index in [0.29, 0.717) is 0 Å². The molecule has 0 aliphatic rings. The largest absolute Gasteiger partial charge is 0.497 e. The summed E-state index contributed by atoms with van der Waals surface area (Å²) in [6.45, 7) is 9.90. The van der Waals surface area contributed by atoms with Crippen LogP contribution in [0.3, 0.4) is 0 Å². The van der Waals surface area contributed by atoms with Crippen molar-refractivity contribution >= 4 is 12.2 Å². The van der Waals surface area contributed by atoms with Crippen molar-refractivity contribution in [2.24, 2.45) is 0 Å². The summed E-state index contributed by atoms with van der Waals surface area (Å²) in [4.78, 5) is 0. The van der Waals surface area contributed by atoms with Gasteiger partial charge in [0.25, 0.3) is 0 Å². The second kappa shape index (κ2) is 4.66. The maximum absolute atomic E-state index is 5.12. The van der Waals surface area contributed by atoms with Gasteiger partial charge in [-0.15, -0.1) is 0 Å². The van der Waals surface area contributed by atoms with Crippen molar-refractivity contribution in [2.75, 3.05) is 7.11 Å². The summed E-state index contributed by atoms with van der Waals surface area (Å²) in [5.41, 5.74) is 1.22. The molecule has 1 aromatic carbocycles. The monoisotopic (exact) mass is 188 g/mol. The van der Waals surface area contributed by atoms with Crippen LogP contribution in [0.2, 0.25) is 0 Å². The molecule has 1 rings (SSSR count). The lowest BCUT2D eigenvalue weighted by atomic mass is 10.1. The van der Waals surface area contributed by atoms with Crippen LogP contribution in [-0.2, 0) is 0 Å². The average molecular weight is 188 g/mol. The number of hydrogen-bond acceptors (Lipinski definition) is 1. The molecule has 0 saturated carbocycles. The quantitative estimate of drug-likeness (QED) is 0.703. The smallest absolute Gasteiger partial charge is 0.119 e. The Morgan fingerprint density at radius 2 is 2.21 bits per heavy atom. The molecule has 0 atom stereocenters. The van der Waals surface area contributed by atoms with Crippen molar-refractivity contribution in [1.29, 1.82) is 0 Å². The molecule has 0 heterocycles. The zero-order valence-corrected chi connectivity index (χ0v) is 8.84. The van der Waals surface area contributed by atoms with Gasteiger partial charge < -0.3 is 4.74 Å². The molecular weight excluding hydrogens is 172 g/mol. The number of allylic oxidation sites excluding steroid dienone is 1. The fourth-order valence-corrected chi connectivity index (χ4v) is 1.46. The van der Waals surface area contributed by atoms with E-state index >= 15 is 0 Å². The van der Waals surface area contributed by atoms with Crippen LogP contribution in [0.25, 0.3) is 12.2 Å². The summed E-state index contributed by atoms with van der Waals surface area (Å²) in [6, 6.07) is 5.92. The van der Waals surface area contributed by atoms with Gasteiger partial charge in [-0.2, -0.15) is 0 Å². The Morgan fingerprint density at radius 3 is 2.64 bits per heavy atom. The Balaban J connectivity index is 3.45. The van der Waals surface area contributed by atoms with Crippen molar-refractivity contribution < 1.29 is 4.74 Å². The first kappa shape index (κ1) is 10.6. The van der Waals surface area contributed by atoms with Crippen molar-refractivity contribution in [3.05, 3.63) is 41.3 Å². The molecule has 0 radical (unpaired) electrons. The minimum Gasteiger partial charge on any atom is -0.497 e. The summed E-state index contributed by atoms with van der Waals surface area (Å²) in [6.07, 6.45) is 2.86. The first-order valence-corrected chi connectivity index (χ1v) is 4.71. The predicted molar refractivity (Wildman–Crippen MR) is 61.7 cm³/mol. The second-order valence-electron chi connectivity index (χ2n) is 3.11. The average Bonchev–Trinajstić information content (AvgIpc) is 2.22. The molecule has 1 nitrogen and oxygen atoms in total. The summed E-state index contributed by atoms with van der Waals surface area (Å²) in [5.74, 6) is 0.846. The summed E-state index contributed by atoms with van der Waals surface area (Å²) in [7, 11) is 1.66. The third-order valence-corrected chi connectivity index (χ3v) is 2.29. The van der Waals surface area contributed by atoms with Crippen LogP contribution >= 0.6 is 0 Å². The highest BCUT2D eigenvalue weighted by atomic mass is 16.5. The SMILES string of the molecule is C=C/C(CC)=c1/ccc(OC)cc1=C. The van der Waals surface area contributed by atoms with Gasteiger partial charge >= 0.3 is 0 Å². The molecule has 1 heteroatoms. The van der Waals surface area contributed by atoms with Gasteiger partial charge in [-0.05, 0) is 34.6 Å². The molecule has 0 spiro atoms. The van der Waals surface area contributed by atoms with Gasteiger partial charge in [-0.3, -0.25) is 0 Å². The Hall–Kier alpha value is -1.50. The Kier molecular flexibility index (Phi) is 3.52. The fourth-order valence-electron chi connectivity index (χ4n) is 1.46. The van der Waals surface area contributed by atoms with E-state index in [2.05, 4.69) is 20.1 Å². The number of benzene rings is 1. The highest BCUT2D eigenvalue weighted by Gasteiger charge is 1.93. The minimum absolute atomic E-state index is 0.846. The van der Waals surface area contributed by atoms with E-state index in [1.165, 1.54) is 5.57 Å². The summed E-state index contributed by atoms with van der Waals surface area (Å²) in [5, 5.41) is 2.14. The van der Waals surface area contributed by atoms with Crippen LogP contribution in [0.15, 0.2) is 30.9 Å². The number of rotatable bonds is 3. The van der Waals surface area contributed by atoms with Crippen LogP contribution < -0.4 is 15.2 Å². The molecule has 0 aliphatic heterocycles. The third kappa shape index (κ3) is 2.05. The molecule has 74 valence electrons.